The molecule has 8 heteroatoms. The first-order valence-corrected chi connectivity index (χ1v) is 10.1. The maximum Gasteiger partial charge on any atom is 0.230 e. The van der Waals surface area contributed by atoms with E-state index in [2.05, 4.69) is 4.98 Å². The van der Waals surface area contributed by atoms with Gasteiger partial charge in [-0.2, -0.15) is 0 Å². The van der Waals surface area contributed by atoms with Crippen LogP contribution in [0, 0.1) is 11.8 Å². The minimum Gasteiger partial charge on any atom is -0.360 e. The molecule has 29 heavy (non-hydrogen) atoms. The predicted molar refractivity (Wildman–Crippen MR) is 102 cm³/mol. The van der Waals surface area contributed by atoms with E-state index in [0.29, 0.717) is 39.3 Å². The Balaban J connectivity index is 1.34. The van der Waals surface area contributed by atoms with E-state index in [1.807, 2.05) is 24.3 Å². The number of aromatic nitrogens is 1. The van der Waals surface area contributed by atoms with E-state index in [1.165, 1.54) is 0 Å². The van der Waals surface area contributed by atoms with Gasteiger partial charge in [-0.05, 0) is 11.6 Å². The second-order valence-corrected chi connectivity index (χ2v) is 8.29. The van der Waals surface area contributed by atoms with Crippen LogP contribution in [0.15, 0.2) is 36.7 Å². The molecule has 3 fully saturated rings. The number of ether oxygens (including phenoxy) is 1. The van der Waals surface area contributed by atoms with Gasteiger partial charge in [0.1, 0.15) is 5.60 Å². The third kappa shape index (κ3) is 2.85. The molecule has 1 aromatic heterocycles. The summed E-state index contributed by atoms with van der Waals surface area (Å²) in [7, 11) is 0. The Morgan fingerprint density at radius 3 is 2.69 bits per heavy atom. The predicted octanol–water partition coefficient (Wildman–Crippen LogP) is 0.0543. The minimum absolute atomic E-state index is 0.0265. The largest absolute Gasteiger partial charge is 0.360 e. The third-order valence-electron chi connectivity index (χ3n) is 6.60. The van der Waals surface area contributed by atoms with Crippen LogP contribution in [0.3, 0.4) is 0 Å². The van der Waals surface area contributed by atoms with Crippen LogP contribution >= 0.6 is 0 Å². The smallest absolute Gasteiger partial charge is 0.230 e. The molecule has 0 saturated carbocycles. The van der Waals surface area contributed by atoms with Crippen molar-refractivity contribution < 1.29 is 19.1 Å². The van der Waals surface area contributed by atoms with Crippen molar-refractivity contribution in [2.45, 2.75) is 25.2 Å². The lowest BCUT2D eigenvalue weighted by atomic mass is 9.76. The maximum atomic E-state index is 13.3. The second kappa shape index (κ2) is 6.66. The highest BCUT2D eigenvalue weighted by Gasteiger charge is 2.67. The van der Waals surface area contributed by atoms with Crippen LogP contribution in [-0.2, 0) is 25.7 Å². The number of piperazine rings is 1. The van der Waals surface area contributed by atoms with Crippen molar-refractivity contribution in [1.82, 2.24) is 19.7 Å². The highest BCUT2D eigenvalue weighted by molar-refractivity contribution is 5.93. The topological polar surface area (TPSA) is 83.1 Å². The zero-order valence-corrected chi connectivity index (χ0v) is 16.4. The van der Waals surface area contributed by atoms with Crippen molar-refractivity contribution in [3.8, 4) is 0 Å². The number of hydrogen-bond donors (Lipinski definition) is 0. The van der Waals surface area contributed by atoms with E-state index in [4.69, 9.17) is 4.74 Å². The number of fused-ring (bicyclic) bond motifs is 1. The molecule has 0 aromatic carbocycles. The Labute approximate surface area is 169 Å². The summed E-state index contributed by atoms with van der Waals surface area (Å²) in [6.07, 6.45) is 7.02. The van der Waals surface area contributed by atoms with Gasteiger partial charge >= 0.3 is 0 Å². The highest BCUT2D eigenvalue weighted by atomic mass is 16.5. The standard InChI is InChI=1S/C21H24N4O4/c1-14(26)23-7-9-24(10-8-23)19(27)17-16-4-5-21(29-16)13-25(20(28)18(17)21)12-15-3-2-6-22-11-15/h2-6,11,16-18H,7-10,12-13H2,1H3/t16-,17+,18+,21-/m0/s1. The molecule has 0 N–H and O–H groups in total. The molecule has 0 radical (unpaired) electrons. The average molecular weight is 396 g/mol. The number of rotatable bonds is 3. The second-order valence-electron chi connectivity index (χ2n) is 8.29. The Kier molecular flexibility index (Phi) is 4.20. The van der Waals surface area contributed by atoms with Crippen LogP contribution in [0.1, 0.15) is 12.5 Å². The van der Waals surface area contributed by atoms with Crippen molar-refractivity contribution in [3.05, 3.63) is 42.2 Å². The summed E-state index contributed by atoms with van der Waals surface area (Å²) < 4.78 is 6.20. The monoisotopic (exact) mass is 396 g/mol. The first kappa shape index (κ1) is 18.3. The highest BCUT2D eigenvalue weighted by Crippen LogP contribution is 2.52. The van der Waals surface area contributed by atoms with Crippen LogP contribution < -0.4 is 0 Å². The van der Waals surface area contributed by atoms with Crippen LogP contribution in [0.25, 0.3) is 0 Å². The summed E-state index contributed by atoms with van der Waals surface area (Å²) in [6, 6.07) is 3.79. The van der Waals surface area contributed by atoms with E-state index < -0.39 is 17.4 Å². The minimum atomic E-state index is -0.703. The quantitative estimate of drug-likeness (QED) is 0.675. The van der Waals surface area contributed by atoms with Crippen molar-refractivity contribution in [2.75, 3.05) is 32.7 Å². The number of carbonyl (C=O) groups excluding carboxylic acids is 3. The van der Waals surface area contributed by atoms with Crippen molar-refractivity contribution in [3.63, 3.8) is 0 Å². The van der Waals surface area contributed by atoms with Crippen LogP contribution in [0.4, 0.5) is 0 Å². The Bertz CT molecular complexity index is 880. The van der Waals surface area contributed by atoms with Gasteiger partial charge in [-0.25, -0.2) is 0 Å². The molecule has 5 heterocycles. The first-order chi connectivity index (χ1) is 14.0. The molecular weight excluding hydrogens is 372 g/mol. The molecular formula is C21H24N4O4. The maximum absolute atomic E-state index is 13.3. The lowest BCUT2D eigenvalue weighted by Gasteiger charge is -2.37. The number of likely N-dealkylation sites (tertiary alicyclic amines) is 1. The van der Waals surface area contributed by atoms with E-state index >= 15 is 0 Å². The fraction of sp³-hybridized carbons (Fsp3) is 0.524. The van der Waals surface area contributed by atoms with Gasteiger partial charge in [-0.15, -0.1) is 0 Å². The van der Waals surface area contributed by atoms with Gasteiger partial charge in [-0.1, -0.05) is 18.2 Å². The van der Waals surface area contributed by atoms with Crippen molar-refractivity contribution in [1.29, 1.82) is 0 Å². The number of hydrogen-bond acceptors (Lipinski definition) is 5. The molecule has 1 spiro atoms. The molecule has 1 aromatic rings. The lowest BCUT2D eigenvalue weighted by Crippen LogP contribution is -2.54. The Morgan fingerprint density at radius 2 is 2.00 bits per heavy atom. The number of nitrogens with zero attached hydrogens (tertiary/aromatic N) is 4. The summed E-state index contributed by atoms with van der Waals surface area (Å²) in [5, 5.41) is 0. The first-order valence-electron chi connectivity index (χ1n) is 10.1. The van der Waals surface area contributed by atoms with Crippen LogP contribution in [0.2, 0.25) is 0 Å². The van der Waals surface area contributed by atoms with E-state index in [1.54, 1.807) is 34.0 Å². The molecule has 8 nitrogen and oxygen atoms in total. The third-order valence-corrected chi connectivity index (χ3v) is 6.60. The zero-order chi connectivity index (χ0) is 20.2. The molecule has 0 unspecified atom stereocenters. The van der Waals surface area contributed by atoms with Gasteiger partial charge in [0.05, 0.1) is 24.5 Å². The van der Waals surface area contributed by atoms with Crippen molar-refractivity contribution >= 4 is 17.7 Å². The molecule has 152 valence electrons. The molecule has 4 aliphatic heterocycles. The summed E-state index contributed by atoms with van der Waals surface area (Å²) in [5.74, 6) is -1.01. The summed E-state index contributed by atoms with van der Waals surface area (Å²) in [5.41, 5.74) is 0.255. The fourth-order valence-corrected chi connectivity index (χ4v) is 5.16. The molecule has 4 aliphatic rings. The number of carbonyl (C=O) groups is 3. The molecule has 2 bridgehead atoms. The SMILES string of the molecule is CC(=O)N1CCN(C(=O)[C@@H]2[C@@H]3C=C[C@@]4(CN(Cc5cccnc5)C(=O)[C@@H]24)O3)CC1. The average Bonchev–Trinajstić information content (AvgIpc) is 3.37. The van der Waals surface area contributed by atoms with E-state index in [9.17, 15) is 14.4 Å². The van der Waals surface area contributed by atoms with Gasteiger partial charge in [0.15, 0.2) is 0 Å². The molecule has 5 rings (SSSR count). The van der Waals surface area contributed by atoms with Crippen LogP contribution in [-0.4, -0.2) is 81.8 Å². The van der Waals surface area contributed by atoms with Crippen molar-refractivity contribution in [2.24, 2.45) is 11.8 Å². The summed E-state index contributed by atoms with van der Waals surface area (Å²) in [4.78, 5) is 47.6. The Hall–Kier alpha value is -2.74. The van der Waals surface area contributed by atoms with Gasteiger partial charge < -0.3 is 19.4 Å². The molecule has 3 saturated heterocycles. The number of pyridine rings is 1. The van der Waals surface area contributed by atoms with E-state index in [0.717, 1.165) is 5.56 Å². The zero-order valence-electron chi connectivity index (χ0n) is 16.4. The summed E-state index contributed by atoms with van der Waals surface area (Å²) in [6.45, 7) is 4.53. The lowest BCUT2D eigenvalue weighted by molar-refractivity contribution is -0.146. The van der Waals surface area contributed by atoms with Crippen LogP contribution in [0.5, 0.6) is 0 Å². The molecule has 0 aliphatic carbocycles. The molecule has 4 atom stereocenters. The van der Waals surface area contributed by atoms with Gasteiger partial charge in [0.2, 0.25) is 17.7 Å². The van der Waals surface area contributed by atoms with Gasteiger partial charge in [0.25, 0.3) is 0 Å². The Morgan fingerprint density at radius 1 is 1.24 bits per heavy atom. The van der Waals surface area contributed by atoms with E-state index in [-0.39, 0.29) is 23.8 Å². The van der Waals surface area contributed by atoms with Gasteiger partial charge in [0, 0.05) is 52.0 Å². The fourth-order valence-electron chi connectivity index (χ4n) is 5.16. The van der Waals surface area contributed by atoms with Gasteiger partial charge in [-0.3, -0.25) is 19.4 Å². The normalized spacial score (nSPS) is 32.8. The molecule has 3 amide bonds. The number of amides is 3. The summed E-state index contributed by atoms with van der Waals surface area (Å²) >= 11 is 0.